The number of aromatic nitrogens is 1. The molecule has 7 heteroatoms. The maximum absolute atomic E-state index is 13.0. The summed E-state index contributed by atoms with van der Waals surface area (Å²) in [4.78, 5) is 30.8. The van der Waals surface area contributed by atoms with Gasteiger partial charge in [0.2, 0.25) is 5.91 Å². The second-order valence-corrected chi connectivity index (χ2v) is 6.74. The predicted octanol–water partition coefficient (Wildman–Crippen LogP) is 3.08. The van der Waals surface area contributed by atoms with Crippen LogP contribution >= 0.6 is 11.3 Å². The van der Waals surface area contributed by atoms with Gasteiger partial charge in [-0.2, -0.15) is 0 Å². The summed E-state index contributed by atoms with van der Waals surface area (Å²) in [5.41, 5.74) is 1.31. The average molecular weight is 347 g/mol. The quantitative estimate of drug-likeness (QED) is 0.928. The van der Waals surface area contributed by atoms with E-state index in [0.717, 1.165) is 18.5 Å². The number of amides is 2. The summed E-state index contributed by atoms with van der Waals surface area (Å²) in [6.45, 7) is 2.85. The number of nitrogens with one attached hydrogen (secondary N) is 1. The van der Waals surface area contributed by atoms with E-state index < -0.39 is 0 Å². The normalized spacial score (nSPS) is 17.6. The maximum Gasteiger partial charge on any atom is 0.253 e. The van der Waals surface area contributed by atoms with Gasteiger partial charge in [-0.15, -0.1) is 11.3 Å². The Kier molecular flexibility index (Phi) is 4.89. The molecule has 2 heterocycles. The number of aryl methyl sites for hydroxylation is 1. The van der Waals surface area contributed by atoms with Crippen molar-refractivity contribution in [1.82, 2.24) is 9.88 Å². The van der Waals surface area contributed by atoms with Crippen molar-refractivity contribution in [3.63, 3.8) is 0 Å². The molecule has 5 nitrogen and oxygen atoms in total. The first kappa shape index (κ1) is 16.6. The number of likely N-dealkylation sites (tertiary alicyclic amines) is 1. The molecule has 1 aromatic heterocycles. The number of rotatable bonds is 3. The van der Waals surface area contributed by atoms with E-state index in [9.17, 15) is 14.0 Å². The number of thiazole rings is 1. The van der Waals surface area contributed by atoms with Crippen molar-refractivity contribution in [3.05, 3.63) is 46.7 Å². The Hall–Kier alpha value is -2.28. The Balaban J connectivity index is 1.64. The molecule has 2 aromatic rings. The zero-order valence-corrected chi connectivity index (χ0v) is 14.1. The molecule has 1 aromatic carbocycles. The third kappa shape index (κ3) is 3.79. The van der Waals surface area contributed by atoms with E-state index in [-0.39, 0.29) is 23.5 Å². The first-order chi connectivity index (χ1) is 11.5. The second-order valence-electron chi connectivity index (χ2n) is 5.88. The fourth-order valence-electron chi connectivity index (χ4n) is 2.77. The van der Waals surface area contributed by atoms with Crippen LogP contribution in [0.15, 0.2) is 29.6 Å². The molecule has 1 N–H and O–H groups in total. The number of benzene rings is 1. The lowest BCUT2D eigenvalue weighted by atomic mass is 9.96. The fourth-order valence-corrected chi connectivity index (χ4v) is 3.46. The highest BCUT2D eigenvalue weighted by Gasteiger charge is 2.29. The molecule has 0 aliphatic carbocycles. The van der Waals surface area contributed by atoms with E-state index >= 15 is 0 Å². The smallest absolute Gasteiger partial charge is 0.253 e. The van der Waals surface area contributed by atoms with Crippen LogP contribution in [0, 0.1) is 18.7 Å². The lowest BCUT2D eigenvalue weighted by Crippen LogP contribution is -2.43. The summed E-state index contributed by atoms with van der Waals surface area (Å²) in [5, 5.41) is 5.28. The minimum Gasteiger partial charge on any atom is -0.338 e. The Morgan fingerprint density at radius 3 is 2.75 bits per heavy atom. The maximum atomic E-state index is 13.0. The molecule has 126 valence electrons. The van der Waals surface area contributed by atoms with Gasteiger partial charge in [-0.25, -0.2) is 9.37 Å². The minimum absolute atomic E-state index is 0.110. The van der Waals surface area contributed by atoms with Gasteiger partial charge >= 0.3 is 0 Å². The topological polar surface area (TPSA) is 62.3 Å². The lowest BCUT2D eigenvalue weighted by Gasteiger charge is -2.32. The highest BCUT2D eigenvalue weighted by molar-refractivity contribution is 7.13. The Bertz CT molecular complexity index is 745. The number of hydrogen-bond donors (Lipinski definition) is 1. The number of halogens is 1. The third-order valence-corrected chi connectivity index (χ3v) is 4.90. The van der Waals surface area contributed by atoms with Crippen LogP contribution < -0.4 is 5.32 Å². The molecular formula is C17H18FN3O2S. The molecule has 0 bridgehead atoms. The van der Waals surface area contributed by atoms with E-state index in [4.69, 9.17) is 0 Å². The summed E-state index contributed by atoms with van der Waals surface area (Å²) in [6.07, 6.45) is 1.51. The molecule has 1 aliphatic heterocycles. The van der Waals surface area contributed by atoms with Crippen LogP contribution in [0.4, 0.5) is 9.52 Å². The Morgan fingerprint density at radius 2 is 2.08 bits per heavy atom. The number of anilines is 1. The van der Waals surface area contributed by atoms with Crippen LogP contribution in [0.2, 0.25) is 0 Å². The molecular weight excluding hydrogens is 329 g/mol. The number of hydrogen-bond acceptors (Lipinski definition) is 4. The zero-order chi connectivity index (χ0) is 17.1. The lowest BCUT2D eigenvalue weighted by molar-refractivity contribution is -0.121. The van der Waals surface area contributed by atoms with Gasteiger partial charge < -0.3 is 10.2 Å². The van der Waals surface area contributed by atoms with E-state index in [0.29, 0.717) is 23.8 Å². The number of piperidine rings is 1. The third-order valence-electron chi connectivity index (χ3n) is 4.02. The van der Waals surface area contributed by atoms with Crippen molar-refractivity contribution in [1.29, 1.82) is 0 Å². The molecule has 1 fully saturated rings. The van der Waals surface area contributed by atoms with Gasteiger partial charge in [0.25, 0.3) is 5.91 Å². The molecule has 1 aliphatic rings. The van der Waals surface area contributed by atoms with Crippen LogP contribution in [0.1, 0.15) is 28.9 Å². The van der Waals surface area contributed by atoms with Crippen molar-refractivity contribution >= 4 is 28.3 Å². The summed E-state index contributed by atoms with van der Waals surface area (Å²) < 4.78 is 13.0. The van der Waals surface area contributed by atoms with Crippen LogP contribution in [0.3, 0.4) is 0 Å². The summed E-state index contributed by atoms with van der Waals surface area (Å²) in [5.74, 6) is -0.910. The standard InChI is InChI=1S/C17H18FN3O2S/c1-11-10-24-17(19-11)20-15(22)13-3-2-8-21(9-13)16(23)12-4-6-14(18)7-5-12/h4-7,10,13H,2-3,8-9H2,1H3,(H,19,20,22)/t13-/m0/s1. The average Bonchev–Trinajstić information content (AvgIpc) is 3.00. The van der Waals surface area contributed by atoms with Gasteiger partial charge in [0.15, 0.2) is 5.13 Å². The van der Waals surface area contributed by atoms with E-state index in [1.54, 1.807) is 4.90 Å². The van der Waals surface area contributed by atoms with Gasteiger partial charge in [0.1, 0.15) is 5.82 Å². The molecule has 0 unspecified atom stereocenters. The van der Waals surface area contributed by atoms with Gasteiger partial charge in [-0.3, -0.25) is 9.59 Å². The van der Waals surface area contributed by atoms with Crippen LogP contribution in [-0.4, -0.2) is 34.8 Å². The van der Waals surface area contributed by atoms with Crippen molar-refractivity contribution in [2.75, 3.05) is 18.4 Å². The number of carbonyl (C=O) groups excluding carboxylic acids is 2. The monoisotopic (exact) mass is 347 g/mol. The van der Waals surface area contributed by atoms with E-state index in [2.05, 4.69) is 10.3 Å². The molecule has 24 heavy (non-hydrogen) atoms. The minimum atomic E-state index is -0.374. The fraction of sp³-hybridized carbons (Fsp3) is 0.353. The summed E-state index contributed by atoms with van der Waals surface area (Å²) >= 11 is 1.39. The predicted molar refractivity (Wildman–Crippen MR) is 90.5 cm³/mol. The van der Waals surface area contributed by atoms with Gasteiger partial charge in [0.05, 0.1) is 11.6 Å². The molecule has 2 amide bonds. The summed E-state index contributed by atoms with van der Waals surface area (Å²) in [6, 6.07) is 5.48. The Morgan fingerprint density at radius 1 is 1.33 bits per heavy atom. The van der Waals surface area contributed by atoms with Gasteiger partial charge in [0, 0.05) is 24.0 Å². The van der Waals surface area contributed by atoms with Crippen LogP contribution in [0.5, 0.6) is 0 Å². The second kappa shape index (κ2) is 7.09. The first-order valence-electron chi connectivity index (χ1n) is 7.81. The highest BCUT2D eigenvalue weighted by Crippen LogP contribution is 2.22. The largest absolute Gasteiger partial charge is 0.338 e. The Labute approximate surface area is 143 Å². The molecule has 1 saturated heterocycles. The molecule has 0 spiro atoms. The van der Waals surface area contributed by atoms with Crippen LogP contribution in [0.25, 0.3) is 0 Å². The molecule has 0 radical (unpaired) electrons. The number of carbonyl (C=O) groups is 2. The first-order valence-corrected chi connectivity index (χ1v) is 8.69. The highest BCUT2D eigenvalue weighted by atomic mass is 32.1. The van der Waals surface area contributed by atoms with Crippen molar-refractivity contribution in [2.24, 2.45) is 5.92 Å². The van der Waals surface area contributed by atoms with Crippen molar-refractivity contribution < 1.29 is 14.0 Å². The van der Waals surface area contributed by atoms with Crippen molar-refractivity contribution in [3.8, 4) is 0 Å². The molecule has 1 atom stereocenters. The van der Waals surface area contributed by atoms with Crippen molar-refractivity contribution in [2.45, 2.75) is 19.8 Å². The number of nitrogens with zero attached hydrogens (tertiary/aromatic N) is 2. The molecule has 3 rings (SSSR count). The van der Waals surface area contributed by atoms with Gasteiger partial charge in [-0.05, 0) is 44.0 Å². The SMILES string of the molecule is Cc1csc(NC(=O)[C@H]2CCCN(C(=O)c3ccc(F)cc3)C2)n1. The molecule has 0 saturated carbocycles. The summed E-state index contributed by atoms with van der Waals surface area (Å²) in [7, 11) is 0. The van der Waals surface area contributed by atoms with E-state index in [1.807, 2.05) is 12.3 Å². The van der Waals surface area contributed by atoms with E-state index in [1.165, 1.54) is 35.6 Å². The van der Waals surface area contributed by atoms with Gasteiger partial charge in [-0.1, -0.05) is 0 Å². The zero-order valence-electron chi connectivity index (χ0n) is 13.3. The van der Waals surface area contributed by atoms with Crippen LogP contribution in [-0.2, 0) is 4.79 Å².